The molecule has 340 valence electrons. The number of rotatable bonds is 25. The molecule has 0 radical (unpaired) electrons. The van der Waals surface area contributed by atoms with Gasteiger partial charge < -0.3 is 37.1 Å². The topological polar surface area (TPSA) is 256 Å². The number of thioether (sulfide) groups is 1. The number of nitrogens with zero attached hydrogens (tertiary/aromatic N) is 2. The molecule has 19 heteroatoms. The van der Waals surface area contributed by atoms with Gasteiger partial charge in [-0.15, -0.1) is 0 Å². The first kappa shape index (κ1) is 51.9. The summed E-state index contributed by atoms with van der Waals surface area (Å²) in [6.45, 7) is 12.5. The van der Waals surface area contributed by atoms with Gasteiger partial charge in [-0.05, 0) is 74.3 Å². The van der Waals surface area contributed by atoms with Crippen molar-refractivity contribution in [3.8, 4) is 0 Å². The van der Waals surface area contributed by atoms with Crippen LogP contribution in [-0.4, -0.2) is 119 Å². The van der Waals surface area contributed by atoms with E-state index < -0.39 is 54.0 Å². The Morgan fingerprint density at radius 2 is 1.48 bits per heavy atom. The Hall–Kier alpha value is -5.20. The fourth-order valence-corrected chi connectivity index (χ4v) is 7.45. The maximum absolute atomic E-state index is 13.6. The first-order chi connectivity index (χ1) is 28.7. The summed E-state index contributed by atoms with van der Waals surface area (Å²) in [4.78, 5) is 116. The molecule has 1 aromatic rings. The van der Waals surface area contributed by atoms with Crippen molar-refractivity contribution in [2.75, 3.05) is 31.7 Å². The fourth-order valence-electron chi connectivity index (χ4n) is 6.81. The lowest BCUT2D eigenvalue weighted by Gasteiger charge is -2.31. The van der Waals surface area contributed by atoms with Crippen LogP contribution in [0.3, 0.4) is 0 Å². The molecule has 0 bridgehead atoms. The zero-order valence-corrected chi connectivity index (χ0v) is 37.8. The Kier molecular flexibility index (Phi) is 21.8. The molecule has 1 fully saturated rings. The van der Waals surface area contributed by atoms with Crippen LogP contribution in [0.5, 0.6) is 0 Å². The van der Waals surface area contributed by atoms with Gasteiger partial charge in [0, 0.05) is 38.7 Å². The van der Waals surface area contributed by atoms with Gasteiger partial charge in [0.1, 0.15) is 24.7 Å². The smallest absolute Gasteiger partial charge is 0.410 e. The van der Waals surface area contributed by atoms with Gasteiger partial charge in [-0.3, -0.25) is 43.4 Å². The highest BCUT2D eigenvalue weighted by atomic mass is 32.2. The Morgan fingerprint density at radius 3 is 2.02 bits per heavy atom. The number of anilines is 1. The Morgan fingerprint density at radius 1 is 0.836 bits per heavy atom. The molecular formula is C42H66N8O10S. The van der Waals surface area contributed by atoms with Gasteiger partial charge in [0.15, 0.2) is 5.78 Å². The average Bonchev–Trinajstić information content (AvgIpc) is 3.46. The molecule has 0 aliphatic carbocycles. The number of primary amides is 1. The van der Waals surface area contributed by atoms with E-state index in [1.807, 2.05) is 13.8 Å². The van der Waals surface area contributed by atoms with Gasteiger partial charge in [0.2, 0.25) is 35.4 Å². The summed E-state index contributed by atoms with van der Waals surface area (Å²) in [5, 5.41) is 13.2. The number of likely N-dealkylation sites (tertiary alicyclic amines) is 1. The minimum absolute atomic E-state index is 0.122. The molecule has 2 rings (SSSR count). The van der Waals surface area contributed by atoms with Crippen LogP contribution in [0.4, 0.5) is 15.3 Å². The van der Waals surface area contributed by atoms with Crippen LogP contribution in [0.25, 0.3) is 0 Å². The lowest BCUT2D eigenvalue weighted by molar-refractivity contribution is -0.138. The molecule has 9 amide bonds. The summed E-state index contributed by atoms with van der Waals surface area (Å²) in [5.41, 5.74) is 6.15. The summed E-state index contributed by atoms with van der Waals surface area (Å²) >= 11 is 1.36. The maximum atomic E-state index is 13.6. The summed E-state index contributed by atoms with van der Waals surface area (Å²) in [6.07, 6.45) is 3.43. The molecule has 2 unspecified atom stereocenters. The van der Waals surface area contributed by atoms with Gasteiger partial charge in [-0.1, -0.05) is 60.1 Å². The lowest BCUT2D eigenvalue weighted by atomic mass is 9.97. The molecule has 61 heavy (non-hydrogen) atoms. The second-order valence-corrected chi connectivity index (χ2v) is 17.3. The third-order valence-corrected chi connectivity index (χ3v) is 11.2. The molecule has 0 aromatic heterocycles. The quantitative estimate of drug-likeness (QED) is 0.0615. The Bertz CT molecular complexity index is 1710. The van der Waals surface area contributed by atoms with Gasteiger partial charge >= 0.3 is 12.1 Å². The number of carbonyl (C=O) groups excluding carboxylic acids is 9. The number of nitrogens with two attached hydrogens (primary N) is 1. The van der Waals surface area contributed by atoms with Gasteiger partial charge in [-0.2, -0.15) is 11.8 Å². The van der Waals surface area contributed by atoms with Gasteiger partial charge in [-0.25, -0.2) is 9.59 Å². The summed E-state index contributed by atoms with van der Waals surface area (Å²) in [7, 11) is 1.45. The highest BCUT2D eigenvalue weighted by molar-refractivity contribution is 8.00. The fraction of sp³-hybridized carbons (Fsp3) is 0.643. The number of urea groups is 1. The third-order valence-electron chi connectivity index (χ3n) is 10.2. The number of amides is 9. The zero-order chi connectivity index (χ0) is 46.0. The van der Waals surface area contributed by atoms with E-state index in [9.17, 15) is 43.2 Å². The number of ether oxygens (including phenoxy) is 1. The summed E-state index contributed by atoms with van der Waals surface area (Å²) < 4.78 is 5.49. The predicted octanol–water partition coefficient (Wildman–Crippen LogP) is 3.07. The predicted molar refractivity (Wildman–Crippen MR) is 232 cm³/mol. The SMILES string of the molecule is CSC1CC(=O)N(CCCCCC(=O)NC(C(=O)N[C@@H](CCCNC(N)=O)C(=O)Nc2ccc(COC(=O)N(C)[C@H](C(=O)N[C@H](C(C)=O)C(C)C)C(C)C)cc2)C(C)C)C1=O. The number of likely N-dealkylation sites (N-methyl/N-ethyl adjacent to an activating group) is 1. The van der Waals surface area contributed by atoms with Crippen molar-refractivity contribution < 1.29 is 47.9 Å². The Balaban J connectivity index is 2.01. The van der Waals surface area contributed by atoms with Crippen molar-refractivity contribution in [2.45, 2.75) is 129 Å². The molecule has 0 spiro atoms. The normalized spacial score (nSPS) is 15.8. The second-order valence-electron chi connectivity index (χ2n) is 16.3. The van der Waals surface area contributed by atoms with Crippen molar-refractivity contribution in [1.29, 1.82) is 0 Å². The largest absolute Gasteiger partial charge is 0.445 e. The van der Waals surface area contributed by atoms with Crippen molar-refractivity contribution >= 4 is 70.8 Å². The minimum atomic E-state index is -1.06. The van der Waals surface area contributed by atoms with Crippen molar-refractivity contribution in [3.63, 3.8) is 0 Å². The number of ketones is 1. The van der Waals surface area contributed by atoms with E-state index in [4.69, 9.17) is 10.5 Å². The van der Waals surface area contributed by atoms with E-state index in [0.29, 0.717) is 43.5 Å². The first-order valence-electron chi connectivity index (χ1n) is 20.8. The number of benzene rings is 1. The molecule has 7 N–H and O–H groups in total. The van der Waals surface area contributed by atoms with Crippen molar-refractivity contribution in [1.82, 2.24) is 31.1 Å². The number of nitrogens with one attached hydrogen (secondary N) is 5. The molecule has 1 aliphatic heterocycles. The van der Waals surface area contributed by atoms with E-state index >= 15 is 0 Å². The highest BCUT2D eigenvalue weighted by Crippen LogP contribution is 2.23. The average molecular weight is 875 g/mol. The summed E-state index contributed by atoms with van der Waals surface area (Å²) in [5.74, 6) is -3.25. The highest BCUT2D eigenvalue weighted by Gasteiger charge is 2.38. The van der Waals surface area contributed by atoms with Gasteiger partial charge in [0.05, 0.1) is 11.3 Å². The minimum Gasteiger partial charge on any atom is -0.445 e. The van der Waals surface area contributed by atoms with Crippen LogP contribution in [-0.2, 0) is 44.9 Å². The number of unbranched alkanes of at least 4 members (excludes halogenated alkanes) is 2. The number of imide groups is 1. The van der Waals surface area contributed by atoms with Crippen molar-refractivity contribution in [3.05, 3.63) is 29.8 Å². The monoisotopic (exact) mass is 874 g/mol. The van der Waals surface area contributed by atoms with E-state index in [0.717, 1.165) is 0 Å². The summed E-state index contributed by atoms with van der Waals surface area (Å²) in [6, 6.07) is 2.12. The molecule has 0 saturated carbocycles. The number of carbonyl (C=O) groups is 9. The van der Waals surface area contributed by atoms with E-state index in [1.165, 1.54) is 35.5 Å². The second kappa shape index (κ2) is 25.5. The third kappa shape index (κ3) is 17.0. The maximum Gasteiger partial charge on any atom is 0.410 e. The molecule has 18 nitrogen and oxygen atoms in total. The zero-order valence-electron chi connectivity index (χ0n) is 37.0. The molecule has 5 atom stereocenters. The van der Waals surface area contributed by atoms with Crippen LogP contribution in [0.2, 0.25) is 0 Å². The first-order valence-corrected chi connectivity index (χ1v) is 22.1. The Labute approximate surface area is 363 Å². The number of hydrogen-bond donors (Lipinski definition) is 6. The van der Waals surface area contributed by atoms with Crippen LogP contribution in [0.1, 0.15) is 99.0 Å². The van der Waals surface area contributed by atoms with Crippen molar-refractivity contribution in [2.24, 2.45) is 23.5 Å². The molecule has 1 aliphatic rings. The van der Waals surface area contributed by atoms with E-state index in [2.05, 4.69) is 26.6 Å². The standard InChI is InChI=1S/C42H66N8O10S/c1-24(2)34(27(7)51)48-39(56)36(26(5)6)49(8)42(59)60-23-28-16-18-29(19-17-28)45-37(54)30(14-13-20-44-41(43)58)46-38(55)35(25(3)4)47-32(52)15-11-10-12-21-50-33(53)22-31(61-9)40(50)57/h16-19,24-26,30-31,34-36H,10-15,20-23H2,1-9H3,(H,45,54)(H,46,55)(H,47,52)(H,48,56)(H3,43,44,58)/t30-,31?,34-,35?,36-/m0/s1. The molecule has 1 aromatic carbocycles. The molecule has 1 saturated heterocycles. The van der Waals surface area contributed by atoms with Crippen LogP contribution < -0.4 is 32.3 Å². The van der Waals surface area contributed by atoms with E-state index in [-0.39, 0.29) is 78.9 Å². The number of Topliss-reactive ketones (excluding diaryl/α,β-unsaturated/α-hetero) is 1. The lowest BCUT2D eigenvalue weighted by Crippen LogP contribution is -2.55. The van der Waals surface area contributed by atoms with E-state index in [1.54, 1.807) is 58.2 Å². The van der Waals surface area contributed by atoms with Crippen LogP contribution >= 0.6 is 11.8 Å². The number of hydrogen-bond acceptors (Lipinski definition) is 11. The van der Waals surface area contributed by atoms with Gasteiger partial charge in [0.25, 0.3) is 0 Å². The molecule has 1 heterocycles. The molecular weight excluding hydrogens is 809 g/mol. The van der Waals surface area contributed by atoms with Crippen LogP contribution in [0, 0.1) is 17.8 Å². The van der Waals surface area contributed by atoms with Crippen LogP contribution in [0.15, 0.2) is 24.3 Å².